The molecule has 3 fully saturated rings. The Bertz CT molecular complexity index is 688. The Labute approximate surface area is 166 Å². The van der Waals surface area contributed by atoms with Gasteiger partial charge in [0.05, 0.1) is 12.6 Å². The number of nitrogens with one attached hydrogen (secondary N) is 2. The van der Waals surface area contributed by atoms with E-state index >= 15 is 0 Å². The number of primary amides is 1. The van der Waals surface area contributed by atoms with E-state index in [0.717, 1.165) is 25.7 Å². The predicted octanol–water partition coefficient (Wildman–Crippen LogP) is -0.0476. The Hall–Kier alpha value is -1.96. The molecule has 1 aliphatic heterocycles. The quantitative estimate of drug-likeness (QED) is 0.500. The molecule has 2 unspecified atom stereocenters. The summed E-state index contributed by atoms with van der Waals surface area (Å²) in [6.45, 7) is 5.02. The Kier molecular flexibility index (Phi) is 5.53. The summed E-state index contributed by atoms with van der Waals surface area (Å²) in [7, 11) is 1.69. The summed E-state index contributed by atoms with van der Waals surface area (Å²) in [6.07, 6.45) is 5.07. The summed E-state index contributed by atoms with van der Waals surface area (Å²) in [5.41, 5.74) is 5.24. The highest BCUT2D eigenvalue weighted by molar-refractivity contribution is 6.37. The maximum atomic E-state index is 13.1. The molecule has 0 bridgehead atoms. The summed E-state index contributed by atoms with van der Waals surface area (Å²) in [4.78, 5) is 51.0. The lowest BCUT2D eigenvalue weighted by molar-refractivity contribution is -0.141. The highest BCUT2D eigenvalue weighted by atomic mass is 16.2. The fourth-order valence-electron chi connectivity index (χ4n) is 4.88. The number of ketones is 1. The lowest BCUT2D eigenvalue weighted by Crippen LogP contribution is -2.54. The second-order valence-corrected chi connectivity index (χ2v) is 9.44. The zero-order valence-electron chi connectivity index (χ0n) is 17.0. The summed E-state index contributed by atoms with van der Waals surface area (Å²) < 4.78 is 0. The van der Waals surface area contributed by atoms with Gasteiger partial charge in [-0.05, 0) is 43.1 Å². The van der Waals surface area contributed by atoms with Gasteiger partial charge in [0, 0.05) is 6.54 Å². The molecule has 28 heavy (non-hydrogen) atoms. The molecule has 156 valence electrons. The van der Waals surface area contributed by atoms with E-state index in [1.807, 2.05) is 0 Å². The van der Waals surface area contributed by atoms with E-state index in [9.17, 15) is 19.2 Å². The number of hydrogen-bond donors (Lipinski definition) is 3. The lowest BCUT2D eigenvalue weighted by atomic mass is 9.80. The average molecular weight is 393 g/mol. The van der Waals surface area contributed by atoms with Crippen molar-refractivity contribution in [1.29, 1.82) is 0 Å². The van der Waals surface area contributed by atoms with Crippen LogP contribution in [-0.4, -0.2) is 60.6 Å². The van der Waals surface area contributed by atoms with Gasteiger partial charge < -0.3 is 21.3 Å². The molecule has 3 amide bonds. The second-order valence-electron chi connectivity index (χ2n) is 9.44. The fraction of sp³-hybridized carbons (Fsp3) is 0.800. The Morgan fingerprint density at radius 2 is 1.86 bits per heavy atom. The molecule has 3 aliphatic rings. The Balaban J connectivity index is 1.74. The number of likely N-dealkylation sites (tertiary alicyclic amines) is 1. The number of carbonyl (C=O) groups is 4. The van der Waals surface area contributed by atoms with Gasteiger partial charge in [0.1, 0.15) is 6.04 Å². The minimum atomic E-state index is -1.03. The first kappa shape index (κ1) is 20.8. The van der Waals surface area contributed by atoms with Crippen molar-refractivity contribution in [3.05, 3.63) is 0 Å². The molecule has 1 spiro atoms. The molecule has 0 aromatic rings. The van der Waals surface area contributed by atoms with Gasteiger partial charge in [-0.15, -0.1) is 0 Å². The molecule has 2 aliphatic carbocycles. The molecule has 3 atom stereocenters. The topological polar surface area (TPSA) is 122 Å². The van der Waals surface area contributed by atoms with Crippen LogP contribution in [0.2, 0.25) is 0 Å². The van der Waals surface area contributed by atoms with Gasteiger partial charge in [-0.2, -0.15) is 0 Å². The first-order valence-corrected chi connectivity index (χ1v) is 10.2. The first-order valence-electron chi connectivity index (χ1n) is 10.2. The number of amides is 3. The van der Waals surface area contributed by atoms with Crippen LogP contribution in [0.4, 0.5) is 0 Å². The normalized spacial score (nSPS) is 29.2. The van der Waals surface area contributed by atoms with Crippen LogP contribution >= 0.6 is 0 Å². The van der Waals surface area contributed by atoms with E-state index < -0.39 is 23.8 Å². The number of nitrogens with zero attached hydrogens (tertiary/aromatic N) is 1. The molecular formula is C20H32N4O4. The van der Waals surface area contributed by atoms with Crippen molar-refractivity contribution in [2.45, 2.75) is 64.5 Å². The van der Waals surface area contributed by atoms with Gasteiger partial charge in [-0.25, -0.2) is 0 Å². The number of hydrogen-bond acceptors (Lipinski definition) is 5. The maximum Gasteiger partial charge on any atom is 0.287 e. The van der Waals surface area contributed by atoms with Gasteiger partial charge >= 0.3 is 0 Å². The summed E-state index contributed by atoms with van der Waals surface area (Å²) >= 11 is 0. The minimum absolute atomic E-state index is 0.0461. The van der Waals surface area contributed by atoms with Crippen LogP contribution in [0.25, 0.3) is 0 Å². The molecule has 8 heteroatoms. The molecule has 0 radical (unpaired) electrons. The van der Waals surface area contributed by atoms with Gasteiger partial charge in [0.2, 0.25) is 17.6 Å². The monoisotopic (exact) mass is 392 g/mol. The number of nitrogens with two attached hydrogens (primary N) is 1. The molecule has 2 saturated carbocycles. The van der Waals surface area contributed by atoms with Gasteiger partial charge in [-0.3, -0.25) is 19.2 Å². The number of carbonyl (C=O) groups excluding carboxylic acids is 4. The van der Waals surface area contributed by atoms with E-state index in [0.29, 0.717) is 25.3 Å². The number of rotatable bonds is 8. The average Bonchev–Trinajstić information content (AvgIpc) is 2.92. The van der Waals surface area contributed by atoms with Crippen molar-refractivity contribution in [2.24, 2.45) is 22.5 Å². The molecule has 4 N–H and O–H groups in total. The number of Topliss-reactive ketones (excluding diaryl/α,β-unsaturated/α-hetero) is 1. The summed E-state index contributed by atoms with van der Waals surface area (Å²) in [5.74, 6) is -1.94. The van der Waals surface area contributed by atoms with Gasteiger partial charge in [0.15, 0.2) is 0 Å². The van der Waals surface area contributed by atoms with E-state index in [-0.39, 0.29) is 29.2 Å². The van der Waals surface area contributed by atoms with Crippen LogP contribution in [0.15, 0.2) is 0 Å². The van der Waals surface area contributed by atoms with Crippen molar-refractivity contribution in [1.82, 2.24) is 15.5 Å². The molecule has 1 heterocycles. The predicted molar refractivity (Wildman–Crippen MR) is 103 cm³/mol. The first-order chi connectivity index (χ1) is 13.1. The van der Waals surface area contributed by atoms with E-state index in [2.05, 4.69) is 24.5 Å². The van der Waals surface area contributed by atoms with Crippen molar-refractivity contribution in [3.8, 4) is 0 Å². The molecule has 8 nitrogen and oxygen atoms in total. The van der Waals surface area contributed by atoms with Gasteiger partial charge in [0.25, 0.3) is 5.91 Å². The van der Waals surface area contributed by atoms with Crippen LogP contribution in [0.5, 0.6) is 0 Å². The van der Waals surface area contributed by atoms with E-state index in [4.69, 9.17) is 5.73 Å². The minimum Gasteiger partial charge on any atom is -0.363 e. The highest BCUT2D eigenvalue weighted by Gasteiger charge is 2.67. The zero-order chi connectivity index (χ0) is 20.7. The second kappa shape index (κ2) is 7.46. The van der Waals surface area contributed by atoms with Crippen molar-refractivity contribution in [2.75, 3.05) is 20.1 Å². The number of likely N-dealkylation sites (N-methyl/N-ethyl adjacent to an activating group) is 1. The van der Waals surface area contributed by atoms with Crippen molar-refractivity contribution < 1.29 is 19.2 Å². The van der Waals surface area contributed by atoms with E-state index in [1.54, 1.807) is 11.9 Å². The van der Waals surface area contributed by atoms with Crippen LogP contribution in [0, 0.1) is 16.7 Å². The Morgan fingerprint density at radius 1 is 1.21 bits per heavy atom. The zero-order valence-corrected chi connectivity index (χ0v) is 17.0. The molecular weight excluding hydrogens is 360 g/mol. The largest absolute Gasteiger partial charge is 0.363 e. The van der Waals surface area contributed by atoms with Crippen LogP contribution in [0.3, 0.4) is 0 Å². The van der Waals surface area contributed by atoms with Crippen molar-refractivity contribution in [3.63, 3.8) is 0 Å². The van der Waals surface area contributed by atoms with Crippen LogP contribution in [0.1, 0.15) is 52.4 Å². The SMILES string of the molecule is CNCC(=O)N1C[C@@]2(CC1C(=O)NC(CC1CCC1)C(=O)C(N)=O)CC2(C)C. The molecule has 0 aromatic heterocycles. The third-order valence-electron chi connectivity index (χ3n) is 7.14. The standard InChI is InChI=1S/C20H32N4O4/c1-19(2)10-20(19)8-14(24(11-20)15(25)9-22-3)18(28)23-13(16(26)17(21)27)7-12-5-4-6-12/h12-14,22H,4-11H2,1-3H3,(H2,21,27)(H,23,28)/t13?,14?,20-/m1/s1. The third kappa shape index (κ3) is 3.79. The third-order valence-corrected chi connectivity index (χ3v) is 7.14. The molecule has 1 saturated heterocycles. The van der Waals surface area contributed by atoms with Crippen molar-refractivity contribution >= 4 is 23.5 Å². The maximum absolute atomic E-state index is 13.1. The summed E-state index contributed by atoms with van der Waals surface area (Å²) in [5, 5.41) is 5.60. The van der Waals surface area contributed by atoms with E-state index in [1.165, 1.54) is 0 Å². The summed E-state index contributed by atoms with van der Waals surface area (Å²) in [6, 6.07) is -1.52. The molecule has 3 rings (SSSR count). The smallest absolute Gasteiger partial charge is 0.287 e. The molecule has 0 aromatic carbocycles. The van der Waals surface area contributed by atoms with Crippen LogP contribution in [-0.2, 0) is 19.2 Å². The highest BCUT2D eigenvalue weighted by Crippen LogP contribution is 2.68. The lowest BCUT2D eigenvalue weighted by Gasteiger charge is -2.30. The Morgan fingerprint density at radius 3 is 2.32 bits per heavy atom. The van der Waals surface area contributed by atoms with Gasteiger partial charge in [-0.1, -0.05) is 33.1 Å². The van der Waals surface area contributed by atoms with Crippen LogP contribution < -0.4 is 16.4 Å². The fourth-order valence-corrected chi connectivity index (χ4v) is 4.88.